The summed E-state index contributed by atoms with van der Waals surface area (Å²) in [7, 11) is 0. The average molecular weight is 312 g/mol. The maximum Gasteiger partial charge on any atom is 0.437 e. The van der Waals surface area contributed by atoms with E-state index in [-0.39, 0.29) is 0 Å². The molecule has 0 aromatic carbocycles. The van der Waals surface area contributed by atoms with E-state index in [1.54, 1.807) is 6.20 Å². The van der Waals surface area contributed by atoms with Crippen LogP contribution in [0.1, 0.15) is 26.5 Å². The number of halogens is 1. The molecule has 0 radical (unpaired) electrons. The average Bonchev–Trinajstić information content (AvgIpc) is 2.54. The fourth-order valence-corrected chi connectivity index (χ4v) is 1.88. The Kier molecular flexibility index (Phi) is 3.14. The lowest BCUT2D eigenvalue weighted by Crippen LogP contribution is -2.27. The van der Waals surface area contributed by atoms with Crippen molar-refractivity contribution in [2.45, 2.75) is 33.3 Å². The zero-order valence-electron chi connectivity index (χ0n) is 10.7. The third-order valence-electron chi connectivity index (χ3n) is 2.24. The van der Waals surface area contributed by atoms with E-state index in [0.717, 1.165) is 15.6 Å². The summed E-state index contributed by atoms with van der Waals surface area (Å²) >= 11 is 3.35. The Labute approximate surface area is 113 Å². The molecule has 0 saturated heterocycles. The third kappa shape index (κ3) is 2.53. The predicted octanol–water partition coefficient (Wildman–Crippen LogP) is 3.29. The Morgan fingerprint density at radius 2 is 2.11 bits per heavy atom. The van der Waals surface area contributed by atoms with Crippen LogP contribution in [0.15, 0.2) is 16.7 Å². The van der Waals surface area contributed by atoms with Crippen molar-refractivity contribution in [3.05, 3.63) is 22.4 Å². The second-order valence-corrected chi connectivity index (χ2v) is 5.92. The van der Waals surface area contributed by atoms with E-state index in [9.17, 15) is 4.79 Å². The van der Waals surface area contributed by atoms with Crippen LogP contribution < -0.4 is 0 Å². The molecule has 0 aliphatic rings. The van der Waals surface area contributed by atoms with Crippen molar-refractivity contribution in [2.24, 2.45) is 0 Å². The first-order valence-corrected chi connectivity index (χ1v) is 6.31. The standard InChI is InChI=1S/C12H14BrN3O2/c1-7-9-5-8(13)6-14-10(9)16(15-7)11(17)18-12(2,3)4/h5-6H,1-4H3. The van der Waals surface area contributed by atoms with Gasteiger partial charge in [0, 0.05) is 16.1 Å². The monoisotopic (exact) mass is 311 g/mol. The third-order valence-corrected chi connectivity index (χ3v) is 2.67. The molecule has 0 bridgehead atoms. The fraction of sp³-hybridized carbons (Fsp3) is 0.417. The van der Waals surface area contributed by atoms with Crippen molar-refractivity contribution < 1.29 is 9.53 Å². The lowest BCUT2D eigenvalue weighted by Gasteiger charge is -2.18. The summed E-state index contributed by atoms with van der Waals surface area (Å²) in [5, 5.41) is 5.00. The molecule has 0 saturated carbocycles. The molecular formula is C12H14BrN3O2. The maximum atomic E-state index is 12.0. The molecule has 2 rings (SSSR count). The molecule has 0 spiro atoms. The van der Waals surface area contributed by atoms with Crippen molar-refractivity contribution in [3.8, 4) is 0 Å². The topological polar surface area (TPSA) is 57.0 Å². The Bertz CT molecular complexity index is 614. The van der Waals surface area contributed by atoms with Crippen molar-refractivity contribution in [2.75, 3.05) is 0 Å². The molecule has 0 unspecified atom stereocenters. The number of ether oxygens (including phenoxy) is 1. The van der Waals surface area contributed by atoms with Gasteiger partial charge in [-0.3, -0.25) is 0 Å². The molecule has 0 aliphatic carbocycles. The highest BCUT2D eigenvalue weighted by atomic mass is 79.9. The number of carbonyl (C=O) groups excluding carboxylic acids is 1. The summed E-state index contributed by atoms with van der Waals surface area (Å²) in [6.07, 6.45) is 1.11. The van der Waals surface area contributed by atoms with Crippen LogP contribution in [0.2, 0.25) is 0 Å². The Hall–Kier alpha value is -1.43. The summed E-state index contributed by atoms with van der Waals surface area (Å²) < 4.78 is 7.33. The SMILES string of the molecule is Cc1nn(C(=O)OC(C)(C)C)c2ncc(Br)cc12. The van der Waals surface area contributed by atoms with E-state index < -0.39 is 11.7 Å². The van der Waals surface area contributed by atoms with Crippen LogP contribution in [0.4, 0.5) is 4.79 Å². The van der Waals surface area contributed by atoms with Gasteiger partial charge in [0.1, 0.15) is 5.60 Å². The van der Waals surface area contributed by atoms with Crippen LogP contribution in [0.25, 0.3) is 11.0 Å². The molecule has 5 nitrogen and oxygen atoms in total. The molecule has 0 N–H and O–H groups in total. The smallest absolute Gasteiger partial charge is 0.437 e. The highest BCUT2D eigenvalue weighted by molar-refractivity contribution is 9.10. The van der Waals surface area contributed by atoms with Gasteiger partial charge in [-0.1, -0.05) is 0 Å². The van der Waals surface area contributed by atoms with Gasteiger partial charge in [0.2, 0.25) is 0 Å². The molecule has 96 valence electrons. The quantitative estimate of drug-likeness (QED) is 0.749. The first-order chi connectivity index (χ1) is 8.28. The molecule has 18 heavy (non-hydrogen) atoms. The van der Waals surface area contributed by atoms with Gasteiger partial charge in [0.15, 0.2) is 5.65 Å². The zero-order valence-corrected chi connectivity index (χ0v) is 12.3. The molecule has 6 heteroatoms. The van der Waals surface area contributed by atoms with Gasteiger partial charge in [-0.2, -0.15) is 5.10 Å². The Morgan fingerprint density at radius 3 is 2.72 bits per heavy atom. The zero-order chi connectivity index (χ0) is 13.5. The van der Waals surface area contributed by atoms with Crippen LogP contribution in [-0.4, -0.2) is 26.5 Å². The molecule has 0 fully saturated rings. The van der Waals surface area contributed by atoms with Gasteiger partial charge in [0.05, 0.1) is 5.69 Å². The number of aryl methyl sites for hydroxylation is 1. The highest BCUT2D eigenvalue weighted by Gasteiger charge is 2.21. The van der Waals surface area contributed by atoms with Gasteiger partial charge < -0.3 is 4.74 Å². The fourth-order valence-electron chi connectivity index (χ4n) is 1.55. The molecular weight excluding hydrogens is 298 g/mol. The van der Waals surface area contributed by atoms with Gasteiger partial charge in [-0.05, 0) is 49.7 Å². The van der Waals surface area contributed by atoms with Crippen molar-refractivity contribution in [3.63, 3.8) is 0 Å². The molecule has 0 aliphatic heterocycles. The van der Waals surface area contributed by atoms with Gasteiger partial charge in [0.25, 0.3) is 0 Å². The summed E-state index contributed by atoms with van der Waals surface area (Å²) in [5.74, 6) is 0. The first-order valence-electron chi connectivity index (χ1n) is 5.52. The molecule has 0 amide bonds. The summed E-state index contributed by atoms with van der Waals surface area (Å²) in [6, 6.07) is 1.88. The van der Waals surface area contributed by atoms with E-state index >= 15 is 0 Å². The normalized spacial score (nSPS) is 11.8. The number of hydrogen-bond donors (Lipinski definition) is 0. The number of carbonyl (C=O) groups is 1. The maximum absolute atomic E-state index is 12.0. The van der Waals surface area contributed by atoms with Crippen molar-refractivity contribution in [1.29, 1.82) is 0 Å². The minimum absolute atomic E-state index is 0.505. The number of fused-ring (bicyclic) bond motifs is 1. The minimum Gasteiger partial charge on any atom is -0.442 e. The predicted molar refractivity (Wildman–Crippen MR) is 71.6 cm³/mol. The summed E-state index contributed by atoms with van der Waals surface area (Å²) in [5.41, 5.74) is 0.688. The Balaban J connectivity index is 2.49. The number of pyridine rings is 1. The second-order valence-electron chi connectivity index (χ2n) is 5.00. The number of rotatable bonds is 0. The van der Waals surface area contributed by atoms with E-state index in [0.29, 0.717) is 5.65 Å². The van der Waals surface area contributed by atoms with Gasteiger partial charge in [-0.15, -0.1) is 4.68 Å². The van der Waals surface area contributed by atoms with Crippen LogP contribution in [0.3, 0.4) is 0 Å². The van der Waals surface area contributed by atoms with Gasteiger partial charge in [-0.25, -0.2) is 9.78 Å². The number of hydrogen-bond acceptors (Lipinski definition) is 4. The number of aromatic nitrogens is 3. The van der Waals surface area contributed by atoms with E-state index in [1.807, 2.05) is 33.8 Å². The lowest BCUT2D eigenvalue weighted by atomic mass is 10.2. The second kappa shape index (κ2) is 4.35. The van der Waals surface area contributed by atoms with Crippen LogP contribution in [-0.2, 0) is 4.74 Å². The van der Waals surface area contributed by atoms with E-state index in [2.05, 4.69) is 26.0 Å². The van der Waals surface area contributed by atoms with Crippen LogP contribution >= 0.6 is 15.9 Å². The molecule has 2 heterocycles. The highest BCUT2D eigenvalue weighted by Crippen LogP contribution is 2.21. The van der Waals surface area contributed by atoms with Gasteiger partial charge >= 0.3 is 6.09 Å². The van der Waals surface area contributed by atoms with Crippen LogP contribution in [0.5, 0.6) is 0 Å². The van der Waals surface area contributed by atoms with E-state index in [4.69, 9.17) is 4.74 Å². The summed E-state index contributed by atoms with van der Waals surface area (Å²) in [6.45, 7) is 7.27. The minimum atomic E-state index is -0.557. The van der Waals surface area contributed by atoms with Crippen molar-refractivity contribution in [1.82, 2.24) is 14.8 Å². The van der Waals surface area contributed by atoms with Crippen molar-refractivity contribution >= 4 is 33.1 Å². The molecule has 2 aromatic rings. The molecule has 0 atom stereocenters. The Morgan fingerprint density at radius 1 is 1.44 bits per heavy atom. The van der Waals surface area contributed by atoms with E-state index in [1.165, 1.54) is 4.68 Å². The van der Waals surface area contributed by atoms with Crippen LogP contribution in [0, 0.1) is 6.92 Å². The largest absolute Gasteiger partial charge is 0.442 e. The number of nitrogens with zero attached hydrogens (tertiary/aromatic N) is 3. The summed E-state index contributed by atoms with van der Waals surface area (Å²) in [4.78, 5) is 16.2. The molecule has 2 aromatic heterocycles. The lowest BCUT2D eigenvalue weighted by molar-refractivity contribution is 0.0521. The first kappa shape index (κ1) is 13.0.